The highest BCUT2D eigenvalue weighted by Crippen LogP contribution is 2.25. The summed E-state index contributed by atoms with van der Waals surface area (Å²) in [5, 5.41) is 0. The molecule has 0 spiro atoms. The number of carbonyl (C=O) groups is 1. The van der Waals surface area contributed by atoms with E-state index >= 15 is 0 Å². The van der Waals surface area contributed by atoms with E-state index in [0.717, 1.165) is 6.42 Å². The third kappa shape index (κ3) is 4.22. The molecule has 0 bridgehead atoms. The van der Waals surface area contributed by atoms with Crippen LogP contribution in [0, 0.1) is 0 Å². The molecule has 106 valence electrons. The van der Waals surface area contributed by atoms with Crippen LogP contribution >= 0.6 is 0 Å². The van der Waals surface area contributed by atoms with Crippen LogP contribution in [-0.2, 0) is 4.74 Å². The molecule has 2 N–H and O–H groups in total. The molecule has 0 aromatic heterocycles. The first-order chi connectivity index (χ1) is 9.13. The Morgan fingerprint density at radius 3 is 2.58 bits per heavy atom. The fourth-order valence-electron chi connectivity index (χ4n) is 1.78. The fourth-order valence-corrected chi connectivity index (χ4v) is 1.78. The Kier molecular flexibility index (Phi) is 6.32. The maximum atomic E-state index is 12.2. The summed E-state index contributed by atoms with van der Waals surface area (Å²) in [5.74, 6) is 0.989. The SMILES string of the molecule is COCCCC(N)C(=O)c1ccc(OC)cc1OC. The number of Topliss-reactive ketones (excluding diaryl/α,β-unsaturated/α-hetero) is 1. The average Bonchev–Trinajstić information content (AvgIpc) is 2.45. The molecule has 1 unspecified atom stereocenters. The molecule has 0 heterocycles. The summed E-state index contributed by atoms with van der Waals surface area (Å²) in [7, 11) is 4.70. The largest absolute Gasteiger partial charge is 0.497 e. The summed E-state index contributed by atoms with van der Waals surface area (Å²) in [6, 6.07) is 4.53. The minimum absolute atomic E-state index is 0.129. The minimum Gasteiger partial charge on any atom is -0.497 e. The smallest absolute Gasteiger partial charge is 0.183 e. The summed E-state index contributed by atoms with van der Waals surface area (Å²) in [6.45, 7) is 0.598. The average molecular weight is 267 g/mol. The van der Waals surface area contributed by atoms with Crippen LogP contribution < -0.4 is 15.2 Å². The Bertz CT molecular complexity index is 420. The van der Waals surface area contributed by atoms with Crippen molar-refractivity contribution in [3.8, 4) is 11.5 Å². The molecule has 1 aromatic rings. The molecular weight excluding hydrogens is 246 g/mol. The van der Waals surface area contributed by atoms with Gasteiger partial charge in [0.1, 0.15) is 11.5 Å². The van der Waals surface area contributed by atoms with Crippen molar-refractivity contribution >= 4 is 5.78 Å². The second-order valence-electron chi connectivity index (χ2n) is 4.17. The van der Waals surface area contributed by atoms with E-state index in [0.29, 0.717) is 30.1 Å². The van der Waals surface area contributed by atoms with Gasteiger partial charge >= 0.3 is 0 Å². The Balaban J connectivity index is 2.80. The van der Waals surface area contributed by atoms with Crippen molar-refractivity contribution in [3.63, 3.8) is 0 Å². The molecule has 5 heteroatoms. The third-order valence-electron chi connectivity index (χ3n) is 2.87. The van der Waals surface area contributed by atoms with Crippen molar-refractivity contribution < 1.29 is 19.0 Å². The van der Waals surface area contributed by atoms with Crippen LogP contribution in [0.3, 0.4) is 0 Å². The number of benzene rings is 1. The van der Waals surface area contributed by atoms with Gasteiger partial charge in [0.15, 0.2) is 5.78 Å². The molecule has 0 aliphatic heterocycles. The molecule has 1 rings (SSSR count). The Hall–Kier alpha value is -1.59. The molecule has 1 atom stereocenters. The first kappa shape index (κ1) is 15.5. The zero-order chi connectivity index (χ0) is 14.3. The van der Waals surface area contributed by atoms with Gasteiger partial charge < -0.3 is 19.9 Å². The lowest BCUT2D eigenvalue weighted by Crippen LogP contribution is -2.31. The molecule has 0 saturated heterocycles. The maximum Gasteiger partial charge on any atom is 0.183 e. The molecule has 0 aliphatic carbocycles. The lowest BCUT2D eigenvalue weighted by atomic mass is 10.00. The number of methoxy groups -OCH3 is 3. The summed E-state index contributed by atoms with van der Waals surface area (Å²) in [5.41, 5.74) is 6.37. The highest BCUT2D eigenvalue weighted by molar-refractivity contribution is 6.02. The van der Waals surface area contributed by atoms with Gasteiger partial charge in [-0.15, -0.1) is 0 Å². The van der Waals surface area contributed by atoms with Gasteiger partial charge in [0.25, 0.3) is 0 Å². The van der Waals surface area contributed by atoms with Crippen LogP contribution in [0.1, 0.15) is 23.2 Å². The molecule has 0 fully saturated rings. The summed E-state index contributed by atoms with van der Waals surface area (Å²) >= 11 is 0. The van der Waals surface area contributed by atoms with Crippen LogP contribution in [0.4, 0.5) is 0 Å². The summed E-state index contributed by atoms with van der Waals surface area (Å²) in [4.78, 5) is 12.2. The number of carbonyl (C=O) groups excluding carboxylic acids is 1. The Morgan fingerprint density at radius 1 is 1.26 bits per heavy atom. The van der Waals surface area contributed by atoms with E-state index in [1.165, 1.54) is 7.11 Å². The van der Waals surface area contributed by atoms with Crippen LogP contribution in [0.15, 0.2) is 18.2 Å². The number of hydrogen-bond acceptors (Lipinski definition) is 5. The van der Waals surface area contributed by atoms with Crippen molar-refractivity contribution in [2.75, 3.05) is 27.9 Å². The minimum atomic E-state index is -0.544. The monoisotopic (exact) mass is 267 g/mol. The molecule has 0 saturated carbocycles. The number of hydrogen-bond donors (Lipinski definition) is 1. The highest BCUT2D eigenvalue weighted by Gasteiger charge is 2.19. The van der Waals surface area contributed by atoms with Crippen molar-refractivity contribution in [2.24, 2.45) is 5.73 Å². The zero-order valence-electron chi connectivity index (χ0n) is 11.6. The standard InChI is InChI=1S/C14H21NO4/c1-17-8-4-5-12(15)14(16)11-7-6-10(18-2)9-13(11)19-3/h6-7,9,12H,4-5,8,15H2,1-3H3. The maximum absolute atomic E-state index is 12.2. The number of nitrogens with two attached hydrogens (primary N) is 1. The number of rotatable bonds is 8. The second-order valence-corrected chi connectivity index (χ2v) is 4.17. The molecule has 0 radical (unpaired) electrons. The van der Waals surface area contributed by atoms with Gasteiger partial charge in [-0.3, -0.25) is 4.79 Å². The van der Waals surface area contributed by atoms with Crippen molar-refractivity contribution in [1.29, 1.82) is 0 Å². The van der Waals surface area contributed by atoms with Gasteiger partial charge in [-0.05, 0) is 25.0 Å². The van der Waals surface area contributed by atoms with E-state index in [1.54, 1.807) is 32.4 Å². The van der Waals surface area contributed by atoms with Crippen LogP contribution in [0.2, 0.25) is 0 Å². The van der Waals surface area contributed by atoms with Crippen molar-refractivity contribution in [3.05, 3.63) is 23.8 Å². The van der Waals surface area contributed by atoms with E-state index in [1.807, 2.05) is 0 Å². The zero-order valence-corrected chi connectivity index (χ0v) is 11.6. The van der Waals surface area contributed by atoms with Crippen molar-refractivity contribution in [2.45, 2.75) is 18.9 Å². The normalized spacial score (nSPS) is 12.0. The molecule has 5 nitrogen and oxygen atoms in total. The molecular formula is C14H21NO4. The summed E-state index contributed by atoms with van der Waals surface area (Å²) in [6.07, 6.45) is 1.34. The van der Waals surface area contributed by atoms with Gasteiger partial charge in [-0.25, -0.2) is 0 Å². The number of ketones is 1. The Morgan fingerprint density at radius 2 is 2.00 bits per heavy atom. The first-order valence-electron chi connectivity index (χ1n) is 6.14. The highest BCUT2D eigenvalue weighted by atomic mass is 16.5. The number of ether oxygens (including phenoxy) is 3. The fraction of sp³-hybridized carbons (Fsp3) is 0.500. The predicted molar refractivity (Wildman–Crippen MR) is 73.0 cm³/mol. The van der Waals surface area contributed by atoms with Gasteiger partial charge in [0.05, 0.1) is 25.8 Å². The third-order valence-corrected chi connectivity index (χ3v) is 2.87. The van der Waals surface area contributed by atoms with Gasteiger partial charge in [0.2, 0.25) is 0 Å². The van der Waals surface area contributed by atoms with E-state index < -0.39 is 6.04 Å². The second kappa shape index (κ2) is 7.76. The van der Waals surface area contributed by atoms with Gasteiger partial charge in [-0.1, -0.05) is 0 Å². The van der Waals surface area contributed by atoms with Gasteiger partial charge in [0, 0.05) is 19.8 Å². The molecule has 0 amide bonds. The van der Waals surface area contributed by atoms with Gasteiger partial charge in [-0.2, -0.15) is 0 Å². The van der Waals surface area contributed by atoms with E-state index in [-0.39, 0.29) is 5.78 Å². The first-order valence-corrected chi connectivity index (χ1v) is 6.14. The molecule has 0 aliphatic rings. The quantitative estimate of drug-likeness (QED) is 0.572. The van der Waals surface area contributed by atoms with Crippen LogP contribution in [0.5, 0.6) is 11.5 Å². The summed E-state index contributed by atoms with van der Waals surface area (Å²) < 4.78 is 15.2. The van der Waals surface area contributed by atoms with E-state index in [4.69, 9.17) is 19.9 Å². The van der Waals surface area contributed by atoms with E-state index in [2.05, 4.69) is 0 Å². The molecule has 1 aromatic carbocycles. The van der Waals surface area contributed by atoms with E-state index in [9.17, 15) is 4.79 Å². The lowest BCUT2D eigenvalue weighted by Gasteiger charge is -2.14. The molecule has 19 heavy (non-hydrogen) atoms. The van der Waals surface area contributed by atoms with Crippen LogP contribution in [-0.4, -0.2) is 39.8 Å². The Labute approximate surface area is 113 Å². The lowest BCUT2D eigenvalue weighted by molar-refractivity contribution is 0.0947. The van der Waals surface area contributed by atoms with Crippen LogP contribution in [0.25, 0.3) is 0 Å². The predicted octanol–water partition coefficient (Wildman–Crippen LogP) is 1.64. The van der Waals surface area contributed by atoms with Crippen molar-refractivity contribution in [1.82, 2.24) is 0 Å². The topological polar surface area (TPSA) is 70.8 Å².